The molecule has 92 valence electrons. The van der Waals surface area contributed by atoms with Gasteiger partial charge in [-0.3, -0.25) is 10.1 Å². The molecule has 1 heterocycles. The van der Waals surface area contributed by atoms with Gasteiger partial charge >= 0.3 is 0 Å². The molecule has 2 unspecified atom stereocenters. The lowest BCUT2D eigenvalue weighted by molar-refractivity contribution is -0.124. The van der Waals surface area contributed by atoms with Crippen LogP contribution in [0, 0.1) is 11.7 Å². The van der Waals surface area contributed by atoms with Gasteiger partial charge in [0.05, 0.1) is 5.02 Å². The average molecular weight is 257 g/mol. The summed E-state index contributed by atoms with van der Waals surface area (Å²) in [6, 6.07) is 4.27. The van der Waals surface area contributed by atoms with E-state index in [9.17, 15) is 9.18 Å². The highest BCUT2D eigenvalue weighted by Crippen LogP contribution is 2.35. The lowest BCUT2D eigenvalue weighted by atomic mass is 9.85. The highest BCUT2D eigenvalue weighted by molar-refractivity contribution is 6.30. The number of halogens is 2. The molecule has 5 heteroatoms. The van der Waals surface area contributed by atoms with Gasteiger partial charge in [0.15, 0.2) is 0 Å². The van der Waals surface area contributed by atoms with E-state index in [4.69, 9.17) is 17.3 Å². The summed E-state index contributed by atoms with van der Waals surface area (Å²) in [6.07, 6.45) is 0.601. The van der Waals surface area contributed by atoms with Crippen LogP contribution in [0.2, 0.25) is 5.02 Å². The zero-order chi connectivity index (χ0) is 12.6. The third-order valence-corrected chi connectivity index (χ3v) is 3.53. The molecule has 1 aliphatic heterocycles. The molecular weight excluding hydrogens is 243 g/mol. The zero-order valence-electron chi connectivity index (χ0n) is 9.47. The van der Waals surface area contributed by atoms with Crippen molar-refractivity contribution in [3.05, 3.63) is 34.6 Å². The lowest BCUT2D eigenvalue weighted by Crippen LogP contribution is -2.48. The van der Waals surface area contributed by atoms with Crippen LogP contribution in [0.3, 0.4) is 0 Å². The van der Waals surface area contributed by atoms with Crippen LogP contribution in [0.15, 0.2) is 18.2 Å². The molecule has 0 bridgehead atoms. The van der Waals surface area contributed by atoms with Crippen LogP contribution in [0.5, 0.6) is 0 Å². The summed E-state index contributed by atoms with van der Waals surface area (Å²) in [6.45, 7) is 2.74. The molecule has 0 radical (unpaired) electrons. The van der Waals surface area contributed by atoms with Crippen LogP contribution in [0.4, 0.5) is 4.39 Å². The number of carbonyl (C=O) groups is 1. The molecule has 1 aliphatic rings. The van der Waals surface area contributed by atoms with Crippen LogP contribution in [0.25, 0.3) is 0 Å². The summed E-state index contributed by atoms with van der Waals surface area (Å²) in [5.41, 5.74) is 5.18. The summed E-state index contributed by atoms with van der Waals surface area (Å²) in [7, 11) is 0. The smallest absolute Gasteiger partial charge is 0.242 e. The maximum atomic E-state index is 13.1. The molecule has 17 heavy (non-hydrogen) atoms. The number of amides is 1. The Bertz CT molecular complexity index is 466. The molecule has 2 rings (SSSR count). The highest BCUT2D eigenvalue weighted by atomic mass is 35.5. The first-order chi connectivity index (χ1) is 7.95. The van der Waals surface area contributed by atoms with E-state index in [0.717, 1.165) is 0 Å². The van der Waals surface area contributed by atoms with Crippen LogP contribution < -0.4 is 11.1 Å². The fraction of sp³-hybridized carbons (Fsp3) is 0.417. The molecular formula is C12H14ClFN2O. The summed E-state index contributed by atoms with van der Waals surface area (Å²) >= 11 is 5.74. The van der Waals surface area contributed by atoms with Gasteiger partial charge in [0, 0.05) is 0 Å². The summed E-state index contributed by atoms with van der Waals surface area (Å²) in [4.78, 5) is 11.7. The predicted molar refractivity (Wildman–Crippen MR) is 64.1 cm³/mol. The fourth-order valence-electron chi connectivity index (χ4n) is 2.33. The van der Waals surface area contributed by atoms with Crippen molar-refractivity contribution < 1.29 is 9.18 Å². The molecule has 0 aliphatic carbocycles. The third-order valence-electron chi connectivity index (χ3n) is 3.24. The van der Waals surface area contributed by atoms with E-state index in [1.165, 1.54) is 12.1 Å². The number of nitrogens with two attached hydrogens (primary N) is 1. The molecule has 0 aromatic heterocycles. The van der Waals surface area contributed by atoms with Crippen LogP contribution in [0.1, 0.15) is 18.9 Å². The van der Waals surface area contributed by atoms with Gasteiger partial charge in [-0.1, -0.05) is 24.6 Å². The summed E-state index contributed by atoms with van der Waals surface area (Å²) < 4.78 is 13.1. The van der Waals surface area contributed by atoms with Crippen molar-refractivity contribution in [3.63, 3.8) is 0 Å². The maximum Gasteiger partial charge on any atom is 0.242 e. The van der Waals surface area contributed by atoms with E-state index >= 15 is 0 Å². The van der Waals surface area contributed by atoms with Gasteiger partial charge in [0.2, 0.25) is 5.91 Å². The minimum Gasteiger partial charge on any atom is -0.368 e. The number of rotatable bonds is 2. The Labute approximate surface area is 104 Å². The van der Waals surface area contributed by atoms with Crippen LogP contribution >= 0.6 is 11.6 Å². The number of hydrogen-bond acceptors (Lipinski definition) is 2. The first kappa shape index (κ1) is 12.3. The number of hydrogen-bond donors (Lipinski definition) is 2. The number of nitrogens with one attached hydrogen (secondary N) is 1. The molecule has 1 aromatic rings. The molecule has 2 atom stereocenters. The summed E-state index contributed by atoms with van der Waals surface area (Å²) in [5.74, 6) is -0.614. The van der Waals surface area contributed by atoms with Crippen molar-refractivity contribution in [3.8, 4) is 0 Å². The molecule has 1 aromatic carbocycles. The second-order valence-electron chi connectivity index (χ2n) is 4.59. The molecule has 1 amide bonds. The average Bonchev–Trinajstić information content (AvgIpc) is 2.66. The van der Waals surface area contributed by atoms with Gasteiger partial charge in [-0.15, -0.1) is 0 Å². The Morgan fingerprint density at radius 2 is 2.35 bits per heavy atom. The number of benzene rings is 1. The monoisotopic (exact) mass is 256 g/mol. The third kappa shape index (κ3) is 2.03. The Morgan fingerprint density at radius 1 is 1.65 bits per heavy atom. The van der Waals surface area contributed by atoms with E-state index in [1.54, 1.807) is 6.07 Å². The first-order valence-corrected chi connectivity index (χ1v) is 5.84. The number of carbonyl (C=O) groups excluding carboxylic acids is 1. The SMILES string of the molecule is CC1CNC(C(N)=O)(c2ccc(F)c(Cl)c2)C1. The van der Waals surface area contributed by atoms with Crippen molar-refractivity contribution >= 4 is 17.5 Å². The fourth-order valence-corrected chi connectivity index (χ4v) is 2.51. The van der Waals surface area contributed by atoms with Gasteiger partial charge in [-0.25, -0.2) is 4.39 Å². The van der Waals surface area contributed by atoms with E-state index in [0.29, 0.717) is 24.4 Å². The van der Waals surface area contributed by atoms with Gasteiger partial charge in [-0.2, -0.15) is 0 Å². The normalized spacial score (nSPS) is 28.3. The van der Waals surface area contributed by atoms with E-state index < -0.39 is 17.3 Å². The van der Waals surface area contributed by atoms with Crippen molar-refractivity contribution in [2.75, 3.05) is 6.54 Å². The molecule has 1 fully saturated rings. The molecule has 0 saturated carbocycles. The van der Waals surface area contributed by atoms with Crippen molar-refractivity contribution in [2.45, 2.75) is 18.9 Å². The summed E-state index contributed by atoms with van der Waals surface area (Å²) in [5, 5.41) is 3.13. The molecule has 3 N–H and O–H groups in total. The Morgan fingerprint density at radius 3 is 2.82 bits per heavy atom. The van der Waals surface area contributed by atoms with Crippen molar-refractivity contribution in [1.82, 2.24) is 5.32 Å². The molecule has 3 nitrogen and oxygen atoms in total. The van der Waals surface area contributed by atoms with Crippen LogP contribution in [-0.2, 0) is 10.3 Å². The quantitative estimate of drug-likeness (QED) is 0.848. The topological polar surface area (TPSA) is 55.1 Å². The maximum absolute atomic E-state index is 13.1. The minimum atomic E-state index is -0.920. The Hall–Kier alpha value is -1.13. The van der Waals surface area contributed by atoms with Crippen molar-refractivity contribution in [2.24, 2.45) is 11.7 Å². The van der Waals surface area contributed by atoms with Crippen molar-refractivity contribution in [1.29, 1.82) is 0 Å². The Balaban J connectivity index is 2.47. The van der Waals surface area contributed by atoms with Crippen LogP contribution in [-0.4, -0.2) is 12.5 Å². The van der Waals surface area contributed by atoms with Gasteiger partial charge in [0.25, 0.3) is 0 Å². The molecule has 0 spiro atoms. The molecule has 1 saturated heterocycles. The van der Waals surface area contributed by atoms with E-state index in [2.05, 4.69) is 5.32 Å². The second kappa shape index (κ2) is 4.27. The lowest BCUT2D eigenvalue weighted by Gasteiger charge is -2.26. The highest BCUT2D eigenvalue weighted by Gasteiger charge is 2.44. The first-order valence-electron chi connectivity index (χ1n) is 5.46. The Kier molecular flexibility index (Phi) is 3.10. The number of primary amides is 1. The largest absolute Gasteiger partial charge is 0.368 e. The zero-order valence-corrected chi connectivity index (χ0v) is 10.2. The predicted octanol–water partition coefficient (Wildman–Crippen LogP) is 1.79. The minimum absolute atomic E-state index is 0.00415. The van der Waals surface area contributed by atoms with Gasteiger partial charge < -0.3 is 5.73 Å². The second-order valence-corrected chi connectivity index (χ2v) is 5.00. The van der Waals surface area contributed by atoms with E-state index in [1.807, 2.05) is 6.92 Å². The standard InChI is InChI=1S/C12H14ClFN2O/c1-7-5-12(11(15)17,16-6-7)8-2-3-10(14)9(13)4-8/h2-4,7,16H,5-6H2,1H3,(H2,15,17). The van der Waals surface area contributed by atoms with E-state index in [-0.39, 0.29) is 5.02 Å². The van der Waals surface area contributed by atoms with Gasteiger partial charge in [-0.05, 0) is 36.6 Å². The van der Waals surface area contributed by atoms with Gasteiger partial charge in [0.1, 0.15) is 11.4 Å².